The number of amides is 2. The maximum atomic E-state index is 13.6. The number of hydrogen-bond acceptors (Lipinski definition) is 3. The van der Waals surface area contributed by atoms with Crippen molar-refractivity contribution in [2.75, 3.05) is 11.9 Å². The van der Waals surface area contributed by atoms with E-state index in [1.165, 1.54) is 12.1 Å². The average molecular weight is 452 g/mol. The van der Waals surface area contributed by atoms with E-state index in [1.54, 1.807) is 0 Å². The van der Waals surface area contributed by atoms with Gasteiger partial charge in [0.25, 0.3) is 0 Å². The van der Waals surface area contributed by atoms with Crippen LogP contribution >= 0.6 is 23.2 Å². The zero-order chi connectivity index (χ0) is 21.7. The molecule has 2 aromatic rings. The van der Waals surface area contributed by atoms with Gasteiger partial charge in [-0.05, 0) is 61.2 Å². The van der Waals surface area contributed by atoms with E-state index < -0.39 is 17.6 Å². The highest BCUT2D eigenvalue weighted by Gasteiger charge is 2.35. The maximum Gasteiger partial charge on any atom is 0.313 e. The Morgan fingerprint density at radius 2 is 1.87 bits per heavy atom. The SMILES string of the molecule is NCCCCCC1c2cccc(Cl)c2CC1NC(=O)C(=O)Nc1ccc(Cl)c(F)c1. The van der Waals surface area contributed by atoms with Gasteiger partial charge >= 0.3 is 11.8 Å². The molecule has 2 aromatic carbocycles. The number of nitrogens with one attached hydrogen (secondary N) is 2. The minimum atomic E-state index is -0.861. The number of fused-ring (bicyclic) bond motifs is 1. The number of halogens is 3. The molecule has 4 N–H and O–H groups in total. The molecule has 8 heteroatoms. The second kappa shape index (κ2) is 10.2. The summed E-state index contributed by atoms with van der Waals surface area (Å²) in [5.74, 6) is -2.23. The Morgan fingerprint density at radius 1 is 1.07 bits per heavy atom. The van der Waals surface area contributed by atoms with Crippen LogP contribution in [0.3, 0.4) is 0 Å². The van der Waals surface area contributed by atoms with Gasteiger partial charge in [0.05, 0.1) is 5.02 Å². The summed E-state index contributed by atoms with van der Waals surface area (Å²) < 4.78 is 13.6. The Labute approximate surface area is 185 Å². The van der Waals surface area contributed by atoms with Crippen LogP contribution in [0, 0.1) is 5.82 Å². The van der Waals surface area contributed by atoms with Crippen molar-refractivity contribution in [3.63, 3.8) is 0 Å². The van der Waals surface area contributed by atoms with Gasteiger partial charge in [0.2, 0.25) is 0 Å². The predicted molar refractivity (Wildman–Crippen MR) is 117 cm³/mol. The van der Waals surface area contributed by atoms with Gasteiger partial charge in [0, 0.05) is 22.7 Å². The fourth-order valence-corrected chi connectivity index (χ4v) is 4.28. The zero-order valence-corrected chi connectivity index (χ0v) is 17.9. The number of carbonyl (C=O) groups excluding carboxylic acids is 2. The average Bonchev–Trinajstić information content (AvgIpc) is 3.06. The lowest BCUT2D eigenvalue weighted by molar-refractivity contribution is -0.136. The molecular formula is C22H24Cl2FN3O2. The van der Waals surface area contributed by atoms with E-state index in [4.69, 9.17) is 28.9 Å². The Kier molecular flexibility index (Phi) is 7.69. The maximum absolute atomic E-state index is 13.6. The Morgan fingerprint density at radius 3 is 2.60 bits per heavy atom. The highest BCUT2D eigenvalue weighted by Crippen LogP contribution is 2.40. The Bertz CT molecular complexity index is 939. The molecule has 5 nitrogen and oxygen atoms in total. The van der Waals surface area contributed by atoms with Gasteiger partial charge < -0.3 is 16.4 Å². The lowest BCUT2D eigenvalue weighted by atomic mass is 9.92. The van der Waals surface area contributed by atoms with Crippen LogP contribution in [0.4, 0.5) is 10.1 Å². The molecule has 0 aromatic heterocycles. The molecule has 0 heterocycles. The normalized spacial score (nSPS) is 17.5. The highest BCUT2D eigenvalue weighted by atomic mass is 35.5. The summed E-state index contributed by atoms with van der Waals surface area (Å²) in [6, 6.07) is 9.34. The summed E-state index contributed by atoms with van der Waals surface area (Å²) in [6.45, 7) is 0.651. The summed E-state index contributed by atoms with van der Waals surface area (Å²) in [6.07, 6.45) is 4.35. The van der Waals surface area contributed by atoms with E-state index in [9.17, 15) is 14.0 Å². The van der Waals surface area contributed by atoms with Gasteiger partial charge in [-0.1, -0.05) is 48.2 Å². The van der Waals surface area contributed by atoms with Gasteiger partial charge in [-0.3, -0.25) is 9.59 Å². The van der Waals surface area contributed by atoms with E-state index in [0.29, 0.717) is 18.0 Å². The number of carbonyl (C=O) groups is 2. The molecule has 0 bridgehead atoms. The number of anilines is 1. The molecule has 1 aliphatic rings. The van der Waals surface area contributed by atoms with Crippen LogP contribution in [0.2, 0.25) is 10.0 Å². The molecule has 0 saturated heterocycles. The molecule has 0 saturated carbocycles. The fraction of sp³-hybridized carbons (Fsp3) is 0.364. The van der Waals surface area contributed by atoms with Crippen LogP contribution < -0.4 is 16.4 Å². The summed E-state index contributed by atoms with van der Waals surface area (Å²) >= 11 is 12.0. The zero-order valence-electron chi connectivity index (χ0n) is 16.4. The first-order valence-electron chi connectivity index (χ1n) is 9.95. The minimum absolute atomic E-state index is 0.0597. The first-order valence-corrected chi connectivity index (χ1v) is 10.7. The molecule has 0 spiro atoms. The monoisotopic (exact) mass is 451 g/mol. The topological polar surface area (TPSA) is 84.2 Å². The van der Waals surface area contributed by atoms with E-state index >= 15 is 0 Å². The van der Waals surface area contributed by atoms with Crippen LogP contribution in [-0.4, -0.2) is 24.4 Å². The molecule has 2 atom stereocenters. The van der Waals surface area contributed by atoms with Gasteiger partial charge in [-0.25, -0.2) is 4.39 Å². The quantitative estimate of drug-likeness (QED) is 0.430. The summed E-state index contributed by atoms with van der Waals surface area (Å²) in [4.78, 5) is 24.8. The molecule has 2 amide bonds. The first kappa shape index (κ1) is 22.5. The number of benzene rings is 2. The second-order valence-electron chi connectivity index (χ2n) is 7.42. The van der Waals surface area contributed by atoms with Crippen molar-refractivity contribution in [2.45, 2.75) is 44.1 Å². The van der Waals surface area contributed by atoms with Gasteiger partial charge in [-0.2, -0.15) is 0 Å². The molecule has 0 fully saturated rings. The predicted octanol–water partition coefficient (Wildman–Crippen LogP) is 4.41. The van der Waals surface area contributed by atoms with Crippen molar-refractivity contribution < 1.29 is 14.0 Å². The summed E-state index contributed by atoms with van der Waals surface area (Å²) in [5, 5.41) is 5.84. The van der Waals surface area contributed by atoms with E-state index in [-0.39, 0.29) is 22.7 Å². The third-order valence-electron chi connectivity index (χ3n) is 5.38. The van der Waals surface area contributed by atoms with Crippen molar-refractivity contribution in [3.8, 4) is 0 Å². The van der Waals surface area contributed by atoms with E-state index in [0.717, 1.165) is 42.9 Å². The highest BCUT2D eigenvalue weighted by molar-refractivity contribution is 6.39. The van der Waals surface area contributed by atoms with Crippen LogP contribution in [0.1, 0.15) is 42.7 Å². The van der Waals surface area contributed by atoms with Crippen molar-refractivity contribution in [2.24, 2.45) is 5.73 Å². The summed E-state index contributed by atoms with van der Waals surface area (Å²) in [7, 11) is 0. The third kappa shape index (κ3) is 5.31. The molecule has 3 rings (SSSR count). The van der Waals surface area contributed by atoms with Crippen molar-refractivity contribution in [1.29, 1.82) is 0 Å². The van der Waals surface area contributed by atoms with Crippen LogP contribution in [0.25, 0.3) is 0 Å². The molecule has 1 aliphatic carbocycles. The molecule has 0 aliphatic heterocycles. The second-order valence-corrected chi connectivity index (χ2v) is 8.23. The Hall–Kier alpha value is -2.15. The molecular weight excluding hydrogens is 428 g/mol. The van der Waals surface area contributed by atoms with Crippen molar-refractivity contribution in [1.82, 2.24) is 5.32 Å². The standard InChI is InChI=1S/C22H24Cl2FN3O2/c23-17-7-4-6-14-15(5-2-1-3-10-26)20(12-16(14)17)28-22(30)21(29)27-13-8-9-18(24)19(25)11-13/h4,6-9,11,15,20H,1-3,5,10,12,26H2,(H,27,29)(H,28,30). The first-order chi connectivity index (χ1) is 14.4. The number of rotatable bonds is 7. The molecule has 160 valence electrons. The van der Waals surface area contributed by atoms with Gasteiger partial charge in [-0.15, -0.1) is 0 Å². The minimum Gasteiger partial charge on any atom is -0.344 e. The van der Waals surface area contributed by atoms with Gasteiger partial charge in [0.1, 0.15) is 5.82 Å². The third-order valence-corrected chi connectivity index (χ3v) is 6.04. The largest absolute Gasteiger partial charge is 0.344 e. The van der Waals surface area contributed by atoms with Gasteiger partial charge in [0.15, 0.2) is 0 Å². The number of nitrogens with two attached hydrogens (primary N) is 1. The van der Waals surface area contributed by atoms with Crippen LogP contribution in [0.5, 0.6) is 0 Å². The summed E-state index contributed by atoms with van der Waals surface area (Å²) in [5.41, 5.74) is 7.86. The molecule has 30 heavy (non-hydrogen) atoms. The lowest BCUT2D eigenvalue weighted by Crippen LogP contribution is -2.43. The molecule has 0 radical (unpaired) electrons. The number of unbranched alkanes of at least 4 members (excludes halogenated alkanes) is 2. The van der Waals surface area contributed by atoms with Crippen LogP contribution in [0.15, 0.2) is 36.4 Å². The lowest BCUT2D eigenvalue weighted by Gasteiger charge is -2.21. The molecule has 2 unspecified atom stereocenters. The van der Waals surface area contributed by atoms with E-state index in [1.807, 2.05) is 18.2 Å². The fourth-order valence-electron chi connectivity index (χ4n) is 3.91. The van der Waals surface area contributed by atoms with Crippen LogP contribution in [-0.2, 0) is 16.0 Å². The Balaban J connectivity index is 1.68. The van der Waals surface area contributed by atoms with Crippen molar-refractivity contribution >= 4 is 40.7 Å². The smallest absolute Gasteiger partial charge is 0.313 e. The number of hydrogen-bond donors (Lipinski definition) is 3. The van der Waals surface area contributed by atoms with Crippen molar-refractivity contribution in [3.05, 3.63) is 63.4 Å². The van der Waals surface area contributed by atoms with E-state index in [2.05, 4.69) is 10.6 Å².